The number of nitrogens with one attached hydrogen (secondary N) is 1. The normalized spacial score (nSPS) is 22.4. The van der Waals surface area contributed by atoms with Gasteiger partial charge in [-0.1, -0.05) is 32.2 Å². The Morgan fingerprint density at radius 2 is 2.38 bits per heavy atom. The lowest BCUT2D eigenvalue weighted by molar-refractivity contribution is -0.120. The molecule has 16 heavy (non-hydrogen) atoms. The van der Waals surface area contributed by atoms with Gasteiger partial charge in [0.1, 0.15) is 0 Å². The van der Waals surface area contributed by atoms with Gasteiger partial charge in [-0.25, -0.2) is 0 Å². The molecular weight excluding hydrogens is 198 g/mol. The van der Waals surface area contributed by atoms with Crippen molar-refractivity contribution < 1.29 is 4.79 Å². The fraction of sp³-hybridized carbons (Fsp3) is 0.500. The van der Waals surface area contributed by atoms with Gasteiger partial charge in [0.2, 0.25) is 5.91 Å². The van der Waals surface area contributed by atoms with Gasteiger partial charge in [-0.05, 0) is 36.3 Å². The van der Waals surface area contributed by atoms with E-state index in [1.165, 1.54) is 11.1 Å². The molecule has 1 aliphatic carbocycles. The third-order valence-corrected chi connectivity index (χ3v) is 3.12. The summed E-state index contributed by atoms with van der Waals surface area (Å²) in [6, 6.07) is 0. The van der Waals surface area contributed by atoms with Crippen LogP contribution in [-0.2, 0) is 4.79 Å². The number of carbonyl (C=O) groups excluding carboxylic acids is 1. The highest BCUT2D eigenvalue weighted by Crippen LogP contribution is 2.36. The zero-order valence-electron chi connectivity index (χ0n) is 10.1. The molecule has 1 amide bonds. The van der Waals surface area contributed by atoms with E-state index in [1.807, 2.05) is 19.1 Å². The molecule has 0 aromatic heterocycles. The molecule has 1 saturated carbocycles. The van der Waals surface area contributed by atoms with Crippen LogP contribution >= 0.6 is 0 Å². The molecule has 0 saturated heterocycles. The first kappa shape index (κ1) is 12.8. The first-order valence-corrected chi connectivity index (χ1v) is 5.96. The van der Waals surface area contributed by atoms with Gasteiger partial charge in [0.15, 0.2) is 0 Å². The second-order valence-corrected chi connectivity index (χ2v) is 4.18. The summed E-state index contributed by atoms with van der Waals surface area (Å²) in [7, 11) is 0. The number of hydrogen-bond donors (Lipinski definition) is 1. The predicted octanol–water partition coefficient (Wildman–Crippen LogP) is 2.98. The molecule has 0 bridgehead atoms. The molecule has 0 aliphatic heterocycles. The quantitative estimate of drug-likeness (QED) is 0.756. The van der Waals surface area contributed by atoms with Crippen LogP contribution < -0.4 is 5.32 Å². The minimum atomic E-state index is 0.130. The maximum atomic E-state index is 11.1. The smallest absolute Gasteiger partial charge is 0.219 e. The third-order valence-electron chi connectivity index (χ3n) is 3.12. The summed E-state index contributed by atoms with van der Waals surface area (Å²) in [4.78, 5) is 11.1. The van der Waals surface area contributed by atoms with E-state index in [4.69, 9.17) is 0 Å². The van der Waals surface area contributed by atoms with Crippen LogP contribution in [0.5, 0.6) is 0 Å². The van der Waals surface area contributed by atoms with Gasteiger partial charge in [0.25, 0.3) is 0 Å². The van der Waals surface area contributed by atoms with Gasteiger partial charge >= 0.3 is 0 Å². The predicted molar refractivity (Wildman–Crippen MR) is 68.1 cm³/mol. The van der Waals surface area contributed by atoms with Crippen LogP contribution in [0.3, 0.4) is 0 Å². The average molecular weight is 219 g/mol. The summed E-state index contributed by atoms with van der Waals surface area (Å²) in [6.07, 6.45) is 7.68. The van der Waals surface area contributed by atoms with E-state index in [2.05, 4.69) is 18.5 Å². The van der Waals surface area contributed by atoms with E-state index in [-0.39, 0.29) is 5.91 Å². The maximum Gasteiger partial charge on any atom is 0.219 e. The van der Waals surface area contributed by atoms with Gasteiger partial charge in [-0.3, -0.25) is 4.79 Å². The molecule has 0 unspecified atom stereocenters. The van der Waals surface area contributed by atoms with E-state index in [0.717, 1.165) is 25.8 Å². The van der Waals surface area contributed by atoms with Gasteiger partial charge < -0.3 is 5.32 Å². The lowest BCUT2D eigenvalue weighted by Gasteiger charge is -2.11. The van der Waals surface area contributed by atoms with E-state index in [9.17, 15) is 4.79 Å². The summed E-state index contributed by atoms with van der Waals surface area (Å²) >= 11 is 0. The molecular formula is C14H21NO. The molecule has 1 N–H and O–H groups in total. The zero-order valence-corrected chi connectivity index (χ0v) is 10.1. The highest BCUT2D eigenvalue weighted by molar-refractivity contribution is 5.75. The summed E-state index contributed by atoms with van der Waals surface area (Å²) < 4.78 is 0. The van der Waals surface area contributed by atoms with E-state index >= 15 is 0 Å². The van der Waals surface area contributed by atoms with Crippen LogP contribution in [0.1, 0.15) is 32.6 Å². The number of hydrogen-bond acceptors (Lipinski definition) is 1. The Hall–Kier alpha value is -1.31. The highest BCUT2D eigenvalue weighted by Gasteiger charge is 2.22. The standard InChI is InChI=1S/C14H21NO/c1-4-6-12-7-8-13(11(12)3)9-10-15-14(16)5-2/h4,6,13H,1,3,5,7-10H2,2H3,(H,15,16)/b12-6-/t13-/m0/s1. The van der Waals surface area contributed by atoms with Gasteiger partial charge in [0.05, 0.1) is 0 Å². The van der Waals surface area contributed by atoms with Crippen LogP contribution in [0.4, 0.5) is 0 Å². The second kappa shape index (κ2) is 6.31. The SMILES string of the molecule is C=C/C=C1/CC[C@@H](CCNC(=O)CC)C1=C. The fourth-order valence-electron chi connectivity index (χ4n) is 2.09. The topological polar surface area (TPSA) is 29.1 Å². The third kappa shape index (κ3) is 3.37. The monoisotopic (exact) mass is 219 g/mol. The van der Waals surface area contributed by atoms with Crippen LogP contribution in [0, 0.1) is 5.92 Å². The summed E-state index contributed by atoms with van der Waals surface area (Å²) in [5.74, 6) is 0.661. The molecule has 0 spiro atoms. The van der Waals surface area contributed by atoms with Crippen molar-refractivity contribution in [1.29, 1.82) is 0 Å². The summed E-state index contributed by atoms with van der Waals surface area (Å²) in [6.45, 7) is 10.5. The van der Waals surface area contributed by atoms with Gasteiger partial charge in [-0.2, -0.15) is 0 Å². The fourth-order valence-corrected chi connectivity index (χ4v) is 2.09. The molecule has 1 fully saturated rings. The van der Waals surface area contributed by atoms with Gasteiger partial charge in [0, 0.05) is 13.0 Å². The minimum absolute atomic E-state index is 0.130. The van der Waals surface area contributed by atoms with Crippen molar-refractivity contribution in [3.63, 3.8) is 0 Å². The lowest BCUT2D eigenvalue weighted by Crippen LogP contribution is -2.24. The Kier molecular flexibility index (Phi) is 5.03. The maximum absolute atomic E-state index is 11.1. The lowest BCUT2D eigenvalue weighted by atomic mass is 9.98. The van der Waals surface area contributed by atoms with Crippen molar-refractivity contribution in [3.8, 4) is 0 Å². The van der Waals surface area contributed by atoms with Crippen molar-refractivity contribution >= 4 is 5.91 Å². The molecule has 2 heteroatoms. The van der Waals surface area contributed by atoms with E-state index < -0.39 is 0 Å². The van der Waals surface area contributed by atoms with Crippen LogP contribution in [0.25, 0.3) is 0 Å². The molecule has 0 heterocycles. The second-order valence-electron chi connectivity index (χ2n) is 4.18. The van der Waals surface area contributed by atoms with Crippen molar-refractivity contribution in [2.24, 2.45) is 5.92 Å². The first-order chi connectivity index (χ1) is 7.69. The Morgan fingerprint density at radius 1 is 1.62 bits per heavy atom. The number of amides is 1. The molecule has 0 aromatic rings. The highest BCUT2D eigenvalue weighted by atomic mass is 16.1. The number of allylic oxidation sites excluding steroid dienone is 4. The van der Waals surface area contributed by atoms with E-state index in [1.54, 1.807) is 0 Å². The van der Waals surface area contributed by atoms with Crippen molar-refractivity contribution in [2.75, 3.05) is 6.54 Å². The molecule has 88 valence electrons. The number of carbonyl (C=O) groups is 1. The summed E-state index contributed by atoms with van der Waals surface area (Å²) in [5, 5.41) is 2.91. The molecule has 0 radical (unpaired) electrons. The Morgan fingerprint density at radius 3 is 3.00 bits per heavy atom. The largest absolute Gasteiger partial charge is 0.356 e. The van der Waals surface area contributed by atoms with Crippen LogP contribution in [0.2, 0.25) is 0 Å². The summed E-state index contributed by atoms with van der Waals surface area (Å²) in [5.41, 5.74) is 2.55. The molecule has 0 aromatic carbocycles. The van der Waals surface area contributed by atoms with Crippen LogP contribution in [-0.4, -0.2) is 12.5 Å². The molecule has 1 rings (SSSR count). The molecule has 1 aliphatic rings. The Labute approximate surface area is 98.1 Å². The first-order valence-electron chi connectivity index (χ1n) is 5.96. The Balaban J connectivity index is 2.35. The van der Waals surface area contributed by atoms with Crippen molar-refractivity contribution in [2.45, 2.75) is 32.6 Å². The molecule has 1 atom stereocenters. The molecule has 2 nitrogen and oxygen atoms in total. The zero-order chi connectivity index (χ0) is 12.0. The van der Waals surface area contributed by atoms with Crippen LogP contribution in [0.15, 0.2) is 36.5 Å². The minimum Gasteiger partial charge on any atom is -0.356 e. The average Bonchev–Trinajstić information content (AvgIpc) is 2.62. The number of rotatable bonds is 5. The van der Waals surface area contributed by atoms with Crippen molar-refractivity contribution in [1.82, 2.24) is 5.32 Å². The van der Waals surface area contributed by atoms with Gasteiger partial charge in [-0.15, -0.1) is 0 Å². The van der Waals surface area contributed by atoms with Crippen molar-refractivity contribution in [3.05, 3.63) is 36.5 Å². The Bertz CT molecular complexity index is 315. The van der Waals surface area contributed by atoms with E-state index in [0.29, 0.717) is 12.3 Å².